The summed E-state index contributed by atoms with van der Waals surface area (Å²) in [6.07, 6.45) is 1.98. The lowest BCUT2D eigenvalue weighted by Gasteiger charge is -2.08. The molecule has 0 saturated heterocycles. The zero-order chi connectivity index (χ0) is 18.8. The van der Waals surface area contributed by atoms with Crippen LogP contribution in [0.2, 0.25) is 0 Å². The monoisotopic (exact) mass is 462 g/mol. The number of rotatable bonds is 7. The number of hydrogen-bond donors (Lipinski definition) is 0. The summed E-state index contributed by atoms with van der Waals surface area (Å²) >= 11 is 2.26. The Kier molecular flexibility index (Phi) is 8.36. The molecule has 0 saturated carbocycles. The molecule has 0 fully saturated rings. The van der Waals surface area contributed by atoms with Crippen molar-refractivity contribution in [1.82, 2.24) is 0 Å². The predicted octanol–water partition coefficient (Wildman–Crippen LogP) is 5.47. The van der Waals surface area contributed by atoms with Gasteiger partial charge in [0.1, 0.15) is 23.9 Å². The van der Waals surface area contributed by atoms with Gasteiger partial charge in [0.15, 0.2) is 0 Å². The van der Waals surface area contributed by atoms with Crippen molar-refractivity contribution < 1.29 is 14.2 Å². The largest absolute Gasteiger partial charge is 0.494 e. The third-order valence-electron chi connectivity index (χ3n) is 3.37. The predicted molar refractivity (Wildman–Crippen MR) is 114 cm³/mol. The van der Waals surface area contributed by atoms with Crippen LogP contribution in [-0.2, 0) is 0 Å². The molecule has 2 rings (SSSR count). The van der Waals surface area contributed by atoms with Gasteiger partial charge in [0, 0.05) is 11.6 Å². The molecule has 26 heavy (non-hydrogen) atoms. The summed E-state index contributed by atoms with van der Waals surface area (Å²) in [5, 5.41) is 0. The second-order valence-electron chi connectivity index (χ2n) is 5.44. The number of hydrogen-bond acceptors (Lipinski definition) is 3. The molecular formula is C22H23IO3. The SMILES string of the molecule is CCOc1cc(C#CC(C)=CCOc2ccccc2I)cc(OCC)c1. The topological polar surface area (TPSA) is 27.7 Å². The summed E-state index contributed by atoms with van der Waals surface area (Å²) in [6.45, 7) is 7.60. The summed E-state index contributed by atoms with van der Waals surface area (Å²) in [5.41, 5.74) is 1.82. The zero-order valence-corrected chi connectivity index (χ0v) is 17.5. The molecule has 136 valence electrons. The van der Waals surface area contributed by atoms with Crippen LogP contribution < -0.4 is 14.2 Å². The highest BCUT2D eigenvalue weighted by Gasteiger charge is 2.01. The van der Waals surface area contributed by atoms with Gasteiger partial charge in [0.05, 0.1) is 16.8 Å². The van der Waals surface area contributed by atoms with Gasteiger partial charge < -0.3 is 14.2 Å². The number of benzene rings is 2. The van der Waals surface area contributed by atoms with Gasteiger partial charge in [-0.25, -0.2) is 0 Å². The standard InChI is InChI=1S/C22H23IO3/c1-4-24-19-14-18(15-20(16-19)25-5-2)11-10-17(3)12-13-26-22-9-7-6-8-21(22)23/h6-9,12,14-16H,4-5,13H2,1-3H3. The molecule has 0 radical (unpaired) electrons. The van der Waals surface area contributed by atoms with Crippen molar-refractivity contribution in [3.8, 4) is 29.1 Å². The first kappa shape index (κ1) is 20.2. The van der Waals surface area contributed by atoms with Gasteiger partial charge in [-0.1, -0.05) is 24.0 Å². The molecule has 0 heterocycles. The highest BCUT2D eigenvalue weighted by atomic mass is 127. The molecule has 0 unspecified atom stereocenters. The average molecular weight is 462 g/mol. The number of ether oxygens (including phenoxy) is 3. The Morgan fingerprint density at radius 2 is 1.65 bits per heavy atom. The first-order valence-corrected chi connectivity index (χ1v) is 9.67. The molecule has 0 amide bonds. The number of allylic oxidation sites excluding steroid dienone is 1. The molecule has 0 aliphatic rings. The van der Waals surface area contributed by atoms with E-state index < -0.39 is 0 Å². The first-order valence-electron chi connectivity index (χ1n) is 8.59. The van der Waals surface area contributed by atoms with Crippen molar-refractivity contribution >= 4 is 22.6 Å². The molecule has 0 atom stereocenters. The van der Waals surface area contributed by atoms with Crippen molar-refractivity contribution in [2.75, 3.05) is 19.8 Å². The zero-order valence-electron chi connectivity index (χ0n) is 15.3. The highest BCUT2D eigenvalue weighted by Crippen LogP contribution is 2.23. The fraction of sp³-hybridized carbons (Fsp3) is 0.273. The quantitative estimate of drug-likeness (QED) is 0.404. The maximum Gasteiger partial charge on any atom is 0.133 e. The summed E-state index contributed by atoms with van der Waals surface area (Å²) < 4.78 is 18.0. The second-order valence-corrected chi connectivity index (χ2v) is 6.60. The van der Waals surface area contributed by atoms with Gasteiger partial charge in [-0.15, -0.1) is 0 Å². The fourth-order valence-corrected chi connectivity index (χ4v) is 2.73. The van der Waals surface area contributed by atoms with Gasteiger partial charge >= 0.3 is 0 Å². The van der Waals surface area contributed by atoms with E-state index in [1.165, 1.54) is 0 Å². The Balaban J connectivity index is 2.05. The fourth-order valence-electron chi connectivity index (χ4n) is 2.18. The molecule has 0 aliphatic heterocycles. The number of para-hydroxylation sites is 1. The van der Waals surface area contributed by atoms with E-state index in [4.69, 9.17) is 14.2 Å². The van der Waals surface area contributed by atoms with Crippen LogP contribution in [0, 0.1) is 15.4 Å². The molecule has 3 nitrogen and oxygen atoms in total. The lowest BCUT2D eigenvalue weighted by Crippen LogP contribution is -1.96. The summed E-state index contributed by atoms with van der Waals surface area (Å²) in [7, 11) is 0. The van der Waals surface area contributed by atoms with E-state index in [0.717, 1.165) is 32.0 Å². The van der Waals surface area contributed by atoms with Crippen LogP contribution in [-0.4, -0.2) is 19.8 Å². The van der Waals surface area contributed by atoms with Crippen LogP contribution >= 0.6 is 22.6 Å². The molecule has 0 bridgehead atoms. The number of halogens is 1. The van der Waals surface area contributed by atoms with Gasteiger partial charge in [-0.2, -0.15) is 0 Å². The van der Waals surface area contributed by atoms with Crippen molar-refractivity contribution in [2.24, 2.45) is 0 Å². The minimum atomic E-state index is 0.490. The van der Waals surface area contributed by atoms with Crippen LogP contribution in [0.25, 0.3) is 0 Å². The van der Waals surface area contributed by atoms with E-state index >= 15 is 0 Å². The molecule has 2 aromatic rings. The van der Waals surface area contributed by atoms with Crippen molar-refractivity contribution in [2.45, 2.75) is 20.8 Å². The molecule has 0 spiro atoms. The molecule has 0 N–H and O–H groups in total. The lowest BCUT2D eigenvalue weighted by molar-refractivity contribution is 0.323. The Hall–Kier alpha value is -2.13. The molecule has 4 heteroatoms. The lowest BCUT2D eigenvalue weighted by atomic mass is 10.2. The minimum Gasteiger partial charge on any atom is -0.494 e. The molecule has 0 aliphatic carbocycles. The van der Waals surface area contributed by atoms with E-state index in [1.54, 1.807) is 0 Å². The van der Waals surface area contributed by atoms with Crippen LogP contribution in [0.15, 0.2) is 54.1 Å². The van der Waals surface area contributed by atoms with E-state index in [1.807, 2.05) is 69.3 Å². The Labute approximate surface area is 169 Å². The van der Waals surface area contributed by atoms with E-state index in [2.05, 4.69) is 34.4 Å². The summed E-state index contributed by atoms with van der Waals surface area (Å²) in [4.78, 5) is 0. The van der Waals surface area contributed by atoms with Crippen LogP contribution in [0.3, 0.4) is 0 Å². The first-order chi connectivity index (χ1) is 12.6. The maximum atomic E-state index is 5.77. The van der Waals surface area contributed by atoms with Crippen molar-refractivity contribution in [3.05, 3.63) is 63.2 Å². The maximum absolute atomic E-state index is 5.77. The third-order valence-corrected chi connectivity index (χ3v) is 4.26. The van der Waals surface area contributed by atoms with Crippen LogP contribution in [0.5, 0.6) is 17.2 Å². The van der Waals surface area contributed by atoms with E-state index in [9.17, 15) is 0 Å². The van der Waals surface area contributed by atoms with Crippen LogP contribution in [0.1, 0.15) is 26.3 Å². The van der Waals surface area contributed by atoms with Gasteiger partial charge in [0.25, 0.3) is 0 Å². The van der Waals surface area contributed by atoms with Gasteiger partial charge in [0.2, 0.25) is 0 Å². The van der Waals surface area contributed by atoms with Gasteiger partial charge in [-0.05, 0) is 79.3 Å². The molecule has 2 aromatic carbocycles. The smallest absolute Gasteiger partial charge is 0.133 e. The normalized spacial score (nSPS) is 10.7. The summed E-state index contributed by atoms with van der Waals surface area (Å²) in [6, 6.07) is 13.7. The van der Waals surface area contributed by atoms with Crippen molar-refractivity contribution in [3.63, 3.8) is 0 Å². The average Bonchev–Trinajstić information content (AvgIpc) is 2.62. The van der Waals surface area contributed by atoms with Gasteiger partial charge in [-0.3, -0.25) is 0 Å². The third kappa shape index (κ3) is 6.64. The molecule has 0 aromatic heterocycles. The second kappa shape index (κ2) is 10.8. The van der Waals surface area contributed by atoms with E-state index in [0.29, 0.717) is 19.8 Å². The van der Waals surface area contributed by atoms with Crippen molar-refractivity contribution in [1.29, 1.82) is 0 Å². The minimum absolute atomic E-state index is 0.490. The van der Waals surface area contributed by atoms with E-state index in [-0.39, 0.29) is 0 Å². The Morgan fingerprint density at radius 3 is 2.27 bits per heavy atom. The molecular weight excluding hydrogens is 439 g/mol. The Morgan fingerprint density at radius 1 is 1.00 bits per heavy atom. The Bertz CT molecular complexity index is 791. The highest BCUT2D eigenvalue weighted by molar-refractivity contribution is 14.1. The van der Waals surface area contributed by atoms with Crippen LogP contribution in [0.4, 0.5) is 0 Å². The summed E-state index contributed by atoms with van der Waals surface area (Å²) in [5.74, 6) is 8.75.